The van der Waals surface area contributed by atoms with E-state index in [1.54, 1.807) is 7.11 Å². The number of methoxy groups -OCH3 is 3. The molecule has 0 amide bonds. The number of fused-ring (bicyclic) bond motifs is 1. The van der Waals surface area contributed by atoms with Gasteiger partial charge in [-0.2, -0.15) is 0 Å². The molecule has 2 rings (SSSR count). The summed E-state index contributed by atoms with van der Waals surface area (Å²) in [4.78, 5) is 24.9. The smallest absolute Gasteiger partial charge is 0.210 e. The van der Waals surface area contributed by atoms with Crippen molar-refractivity contribution in [1.29, 1.82) is 0 Å². The SMILES string of the molecule is COC[C@@]12CCC[C@@H]1C(=O)C(OC)=C(OC)C2=O. The van der Waals surface area contributed by atoms with Gasteiger partial charge in [-0.15, -0.1) is 0 Å². The standard InChI is InChI=1S/C13H18O5/c1-16-7-13-6-4-5-8(13)9(14)10(17-2)11(18-3)12(13)15/h8H,4-7H2,1-3H3/t8-,13+/m1/s1. The molecule has 1 saturated carbocycles. The van der Waals surface area contributed by atoms with Crippen LogP contribution in [0.25, 0.3) is 0 Å². The molecule has 18 heavy (non-hydrogen) atoms. The van der Waals surface area contributed by atoms with Crippen LogP contribution in [0, 0.1) is 11.3 Å². The fourth-order valence-corrected chi connectivity index (χ4v) is 3.20. The Bertz CT molecular complexity index is 412. The van der Waals surface area contributed by atoms with Crippen molar-refractivity contribution in [3.8, 4) is 0 Å². The van der Waals surface area contributed by atoms with E-state index in [1.807, 2.05) is 0 Å². The summed E-state index contributed by atoms with van der Waals surface area (Å²) in [6, 6.07) is 0. The minimum atomic E-state index is -0.751. The topological polar surface area (TPSA) is 61.8 Å². The highest BCUT2D eigenvalue weighted by Gasteiger charge is 2.58. The average Bonchev–Trinajstić information content (AvgIpc) is 2.79. The zero-order valence-corrected chi connectivity index (χ0v) is 10.9. The molecule has 0 spiro atoms. The maximum Gasteiger partial charge on any atom is 0.210 e. The highest BCUT2D eigenvalue weighted by Crippen LogP contribution is 2.50. The fourth-order valence-electron chi connectivity index (χ4n) is 3.20. The highest BCUT2D eigenvalue weighted by molar-refractivity contribution is 6.14. The predicted molar refractivity (Wildman–Crippen MR) is 62.7 cm³/mol. The second-order valence-electron chi connectivity index (χ2n) is 4.79. The minimum Gasteiger partial charge on any atom is -0.490 e. The molecule has 0 unspecified atom stereocenters. The van der Waals surface area contributed by atoms with Gasteiger partial charge in [0.05, 0.1) is 26.2 Å². The van der Waals surface area contributed by atoms with Crippen molar-refractivity contribution >= 4 is 11.6 Å². The molecule has 5 heteroatoms. The Labute approximate surface area is 106 Å². The Balaban J connectivity index is 2.52. The van der Waals surface area contributed by atoms with E-state index in [2.05, 4.69) is 0 Å². The van der Waals surface area contributed by atoms with Crippen LogP contribution in [0.4, 0.5) is 0 Å². The van der Waals surface area contributed by atoms with Crippen LogP contribution in [0.1, 0.15) is 19.3 Å². The molecule has 5 nitrogen and oxygen atoms in total. The molecule has 100 valence electrons. The number of hydrogen-bond acceptors (Lipinski definition) is 5. The number of carbonyl (C=O) groups excluding carboxylic acids is 2. The molecule has 0 saturated heterocycles. The van der Waals surface area contributed by atoms with E-state index in [0.29, 0.717) is 12.8 Å². The van der Waals surface area contributed by atoms with Crippen molar-refractivity contribution < 1.29 is 23.8 Å². The van der Waals surface area contributed by atoms with Crippen LogP contribution in [0.2, 0.25) is 0 Å². The molecule has 0 aliphatic heterocycles. The summed E-state index contributed by atoms with van der Waals surface area (Å²) in [6.07, 6.45) is 2.22. The van der Waals surface area contributed by atoms with Crippen molar-refractivity contribution in [3.63, 3.8) is 0 Å². The fraction of sp³-hybridized carbons (Fsp3) is 0.692. The van der Waals surface area contributed by atoms with E-state index < -0.39 is 5.41 Å². The highest BCUT2D eigenvalue weighted by atomic mass is 16.5. The lowest BCUT2D eigenvalue weighted by molar-refractivity contribution is -0.145. The first-order valence-electron chi connectivity index (χ1n) is 6.02. The summed E-state index contributed by atoms with van der Waals surface area (Å²) < 4.78 is 15.3. The van der Waals surface area contributed by atoms with Crippen molar-refractivity contribution in [2.75, 3.05) is 27.9 Å². The van der Waals surface area contributed by atoms with Crippen LogP contribution < -0.4 is 0 Å². The second-order valence-corrected chi connectivity index (χ2v) is 4.79. The molecular weight excluding hydrogens is 236 g/mol. The third kappa shape index (κ3) is 1.57. The zero-order valence-electron chi connectivity index (χ0n) is 10.9. The van der Waals surface area contributed by atoms with Crippen LogP contribution in [-0.2, 0) is 23.8 Å². The number of ketones is 2. The zero-order chi connectivity index (χ0) is 13.3. The second kappa shape index (κ2) is 4.72. The summed E-state index contributed by atoms with van der Waals surface area (Å²) in [5, 5.41) is 0. The number of ether oxygens (including phenoxy) is 3. The Morgan fingerprint density at radius 2 is 1.83 bits per heavy atom. The number of Topliss-reactive ketones (excluding diaryl/α,β-unsaturated/α-hetero) is 2. The maximum absolute atomic E-state index is 12.6. The number of rotatable bonds is 4. The molecular formula is C13H18O5. The lowest BCUT2D eigenvalue weighted by atomic mass is 9.68. The molecule has 1 fully saturated rings. The lowest BCUT2D eigenvalue weighted by Gasteiger charge is -2.36. The monoisotopic (exact) mass is 254 g/mol. The molecule has 0 aromatic carbocycles. The lowest BCUT2D eigenvalue weighted by Crippen LogP contribution is -2.48. The summed E-state index contributed by atoms with van der Waals surface area (Å²) in [6.45, 7) is 0.256. The van der Waals surface area contributed by atoms with E-state index in [-0.39, 0.29) is 35.6 Å². The molecule has 0 aromatic heterocycles. The number of allylic oxidation sites excluding steroid dienone is 2. The van der Waals surface area contributed by atoms with Gasteiger partial charge in [0.25, 0.3) is 0 Å². The first kappa shape index (κ1) is 13.1. The van der Waals surface area contributed by atoms with Gasteiger partial charge in [0.15, 0.2) is 0 Å². The predicted octanol–water partition coefficient (Wildman–Crippen LogP) is 1.08. The quantitative estimate of drug-likeness (QED) is 0.751. The van der Waals surface area contributed by atoms with E-state index in [0.717, 1.165) is 6.42 Å². The van der Waals surface area contributed by atoms with Crippen LogP contribution in [0.3, 0.4) is 0 Å². The largest absolute Gasteiger partial charge is 0.490 e. The number of carbonyl (C=O) groups is 2. The third-order valence-electron chi connectivity index (χ3n) is 4.00. The Morgan fingerprint density at radius 3 is 2.39 bits per heavy atom. The van der Waals surface area contributed by atoms with Crippen LogP contribution in [-0.4, -0.2) is 39.5 Å². The van der Waals surface area contributed by atoms with Crippen molar-refractivity contribution in [2.24, 2.45) is 11.3 Å². The van der Waals surface area contributed by atoms with Crippen molar-refractivity contribution in [2.45, 2.75) is 19.3 Å². The molecule has 0 heterocycles. The van der Waals surface area contributed by atoms with Crippen molar-refractivity contribution in [1.82, 2.24) is 0 Å². The van der Waals surface area contributed by atoms with Gasteiger partial charge in [-0.1, -0.05) is 6.42 Å². The molecule has 2 aliphatic carbocycles. The van der Waals surface area contributed by atoms with Gasteiger partial charge in [0.1, 0.15) is 0 Å². The van der Waals surface area contributed by atoms with Gasteiger partial charge in [-0.3, -0.25) is 9.59 Å². The maximum atomic E-state index is 12.6. The van der Waals surface area contributed by atoms with E-state index in [1.165, 1.54) is 14.2 Å². The average molecular weight is 254 g/mol. The molecule has 2 atom stereocenters. The minimum absolute atomic E-state index is 0.0395. The van der Waals surface area contributed by atoms with Gasteiger partial charge in [0, 0.05) is 13.0 Å². The van der Waals surface area contributed by atoms with E-state index >= 15 is 0 Å². The van der Waals surface area contributed by atoms with Crippen LogP contribution in [0.15, 0.2) is 11.5 Å². The molecule has 0 bridgehead atoms. The normalized spacial score (nSPS) is 31.6. The van der Waals surface area contributed by atoms with Gasteiger partial charge in [0.2, 0.25) is 23.1 Å². The summed E-state index contributed by atoms with van der Waals surface area (Å²) in [7, 11) is 4.32. The van der Waals surface area contributed by atoms with Crippen LogP contribution in [0.5, 0.6) is 0 Å². The first-order valence-corrected chi connectivity index (χ1v) is 6.02. The molecule has 0 radical (unpaired) electrons. The Kier molecular flexibility index (Phi) is 3.43. The Hall–Kier alpha value is -1.36. The van der Waals surface area contributed by atoms with Gasteiger partial charge in [-0.05, 0) is 12.8 Å². The first-order chi connectivity index (χ1) is 8.62. The Morgan fingerprint density at radius 1 is 1.17 bits per heavy atom. The van der Waals surface area contributed by atoms with Gasteiger partial charge in [-0.25, -0.2) is 0 Å². The van der Waals surface area contributed by atoms with E-state index in [9.17, 15) is 9.59 Å². The summed E-state index contributed by atoms with van der Waals surface area (Å²) in [5.74, 6) is -0.535. The molecule has 0 aromatic rings. The van der Waals surface area contributed by atoms with E-state index in [4.69, 9.17) is 14.2 Å². The third-order valence-corrected chi connectivity index (χ3v) is 4.00. The summed E-state index contributed by atoms with van der Waals surface area (Å²) in [5.41, 5.74) is -0.751. The molecule has 0 N–H and O–H groups in total. The van der Waals surface area contributed by atoms with Gasteiger partial charge < -0.3 is 14.2 Å². The molecule has 2 aliphatic rings. The summed E-state index contributed by atoms with van der Waals surface area (Å²) >= 11 is 0. The van der Waals surface area contributed by atoms with Crippen LogP contribution >= 0.6 is 0 Å². The van der Waals surface area contributed by atoms with Gasteiger partial charge >= 0.3 is 0 Å². The van der Waals surface area contributed by atoms with Crippen molar-refractivity contribution in [3.05, 3.63) is 11.5 Å². The number of hydrogen-bond donors (Lipinski definition) is 0.